The molecule has 1 amide bonds. The summed E-state index contributed by atoms with van der Waals surface area (Å²) in [5.74, 6) is 0.0905. The quantitative estimate of drug-likeness (QED) is 0.321. The molecule has 1 fully saturated rings. The van der Waals surface area contributed by atoms with E-state index in [0.717, 1.165) is 37.1 Å². The van der Waals surface area contributed by atoms with Crippen LogP contribution in [0.1, 0.15) is 28.8 Å². The van der Waals surface area contributed by atoms with Gasteiger partial charge in [-0.1, -0.05) is 18.2 Å². The van der Waals surface area contributed by atoms with Crippen LogP contribution in [0.4, 0.5) is 17.1 Å². The molecule has 3 aromatic carbocycles. The minimum Gasteiger partial charge on any atom is -0.436 e. The number of benzene rings is 3. The molecular formula is C25H22N4O4. The molecule has 1 N–H and O–H groups in total. The summed E-state index contributed by atoms with van der Waals surface area (Å²) in [4.78, 5) is 30.6. The maximum absolute atomic E-state index is 12.8. The summed E-state index contributed by atoms with van der Waals surface area (Å²) in [6.45, 7) is 3.56. The van der Waals surface area contributed by atoms with Gasteiger partial charge in [0.15, 0.2) is 5.58 Å². The first-order valence-electron chi connectivity index (χ1n) is 10.8. The number of oxazole rings is 1. The number of nitrogens with one attached hydrogen (secondary N) is 1. The number of rotatable bonds is 5. The zero-order valence-corrected chi connectivity index (χ0v) is 18.1. The van der Waals surface area contributed by atoms with Gasteiger partial charge in [-0.2, -0.15) is 0 Å². The molecule has 8 nitrogen and oxygen atoms in total. The highest BCUT2D eigenvalue weighted by Crippen LogP contribution is 2.32. The number of nitrogens with zero attached hydrogens (tertiary/aromatic N) is 3. The van der Waals surface area contributed by atoms with Gasteiger partial charge in [0.25, 0.3) is 11.6 Å². The molecule has 2 heterocycles. The standard InChI is InChI=1S/C25H22N4O4/c1-16-6-2-3-7-19(16)25-27-20-15-18(9-11-23(20)33-25)26-24(30)17-8-10-21(22(14-17)29(31)32)28-12-4-5-13-28/h2-3,6-11,14-15H,4-5,12-13H2,1H3,(H,26,30). The van der Waals surface area contributed by atoms with Crippen molar-refractivity contribution < 1.29 is 14.1 Å². The Hall–Kier alpha value is -4.20. The van der Waals surface area contributed by atoms with Crippen molar-refractivity contribution in [1.82, 2.24) is 4.98 Å². The van der Waals surface area contributed by atoms with E-state index in [1.54, 1.807) is 30.3 Å². The van der Waals surface area contributed by atoms with Crippen LogP contribution in [-0.2, 0) is 0 Å². The van der Waals surface area contributed by atoms with E-state index in [-0.39, 0.29) is 11.3 Å². The molecule has 1 saturated heterocycles. The summed E-state index contributed by atoms with van der Waals surface area (Å²) in [6.07, 6.45) is 2.02. The minimum atomic E-state index is -0.432. The molecule has 1 aromatic heterocycles. The van der Waals surface area contributed by atoms with Crippen molar-refractivity contribution >= 4 is 34.1 Å². The largest absolute Gasteiger partial charge is 0.436 e. The van der Waals surface area contributed by atoms with Crippen LogP contribution in [0, 0.1) is 17.0 Å². The molecule has 0 unspecified atom stereocenters. The van der Waals surface area contributed by atoms with E-state index in [9.17, 15) is 14.9 Å². The van der Waals surface area contributed by atoms with Crippen molar-refractivity contribution in [3.8, 4) is 11.5 Å². The molecule has 0 bridgehead atoms. The lowest BCUT2D eigenvalue weighted by Crippen LogP contribution is -2.19. The molecular weight excluding hydrogens is 420 g/mol. The molecule has 166 valence electrons. The van der Waals surface area contributed by atoms with Crippen molar-refractivity contribution in [1.29, 1.82) is 0 Å². The van der Waals surface area contributed by atoms with Gasteiger partial charge in [-0.25, -0.2) is 4.98 Å². The number of aromatic nitrogens is 1. The fourth-order valence-electron chi connectivity index (χ4n) is 4.17. The lowest BCUT2D eigenvalue weighted by Gasteiger charge is -2.17. The number of amides is 1. The number of carbonyl (C=O) groups excluding carboxylic acids is 1. The number of carbonyl (C=O) groups is 1. The Labute approximate surface area is 190 Å². The Morgan fingerprint density at radius 1 is 1.09 bits per heavy atom. The maximum Gasteiger partial charge on any atom is 0.293 e. The second-order valence-electron chi connectivity index (χ2n) is 8.13. The fourth-order valence-corrected chi connectivity index (χ4v) is 4.17. The number of aryl methyl sites for hydroxylation is 1. The highest BCUT2D eigenvalue weighted by atomic mass is 16.6. The van der Waals surface area contributed by atoms with Gasteiger partial charge in [-0.15, -0.1) is 0 Å². The lowest BCUT2D eigenvalue weighted by molar-refractivity contribution is -0.384. The molecule has 1 aliphatic rings. The molecule has 0 aliphatic carbocycles. The molecule has 5 rings (SSSR count). The second-order valence-corrected chi connectivity index (χ2v) is 8.13. The fraction of sp³-hybridized carbons (Fsp3) is 0.200. The van der Waals surface area contributed by atoms with E-state index in [4.69, 9.17) is 4.42 Å². The first kappa shape index (κ1) is 20.7. The van der Waals surface area contributed by atoms with Crippen LogP contribution in [-0.4, -0.2) is 28.9 Å². The number of fused-ring (bicyclic) bond motifs is 1. The zero-order chi connectivity index (χ0) is 22.9. The molecule has 0 radical (unpaired) electrons. The van der Waals surface area contributed by atoms with Crippen LogP contribution in [0.15, 0.2) is 65.1 Å². The Bertz CT molecular complexity index is 1370. The van der Waals surface area contributed by atoms with Gasteiger partial charge in [0.1, 0.15) is 11.2 Å². The van der Waals surface area contributed by atoms with E-state index >= 15 is 0 Å². The summed E-state index contributed by atoms with van der Waals surface area (Å²) < 4.78 is 5.88. The number of nitro groups is 1. The molecule has 0 spiro atoms. The Morgan fingerprint density at radius 2 is 1.88 bits per heavy atom. The van der Waals surface area contributed by atoms with Gasteiger partial charge in [0, 0.05) is 36.0 Å². The van der Waals surface area contributed by atoms with Crippen LogP contribution >= 0.6 is 0 Å². The van der Waals surface area contributed by atoms with Gasteiger partial charge >= 0.3 is 0 Å². The van der Waals surface area contributed by atoms with Gasteiger partial charge in [0.05, 0.1) is 4.92 Å². The summed E-state index contributed by atoms with van der Waals surface area (Å²) >= 11 is 0. The second kappa shape index (κ2) is 8.38. The zero-order valence-electron chi connectivity index (χ0n) is 18.1. The normalized spacial score (nSPS) is 13.4. The van der Waals surface area contributed by atoms with Gasteiger partial charge in [-0.3, -0.25) is 14.9 Å². The average molecular weight is 442 g/mol. The predicted octanol–water partition coefficient (Wildman–Crippen LogP) is 5.56. The van der Waals surface area contributed by atoms with Crippen LogP contribution in [0.5, 0.6) is 0 Å². The molecule has 1 aliphatic heterocycles. The maximum atomic E-state index is 12.8. The van der Waals surface area contributed by atoms with Gasteiger partial charge in [-0.05, 0) is 61.7 Å². The van der Waals surface area contributed by atoms with Crippen molar-refractivity contribution in [2.24, 2.45) is 0 Å². The molecule has 8 heteroatoms. The third-order valence-corrected chi connectivity index (χ3v) is 5.90. The van der Waals surface area contributed by atoms with E-state index in [2.05, 4.69) is 10.3 Å². The van der Waals surface area contributed by atoms with Gasteiger partial charge < -0.3 is 14.6 Å². The van der Waals surface area contributed by atoms with Crippen molar-refractivity contribution in [2.45, 2.75) is 19.8 Å². The lowest BCUT2D eigenvalue weighted by atomic mass is 10.1. The van der Waals surface area contributed by atoms with Crippen molar-refractivity contribution in [3.63, 3.8) is 0 Å². The molecule has 33 heavy (non-hydrogen) atoms. The molecule has 4 aromatic rings. The molecule has 0 atom stereocenters. The van der Waals surface area contributed by atoms with E-state index in [0.29, 0.717) is 28.4 Å². The Balaban J connectivity index is 1.40. The predicted molar refractivity (Wildman–Crippen MR) is 127 cm³/mol. The first-order valence-corrected chi connectivity index (χ1v) is 10.8. The average Bonchev–Trinajstić information content (AvgIpc) is 3.49. The highest BCUT2D eigenvalue weighted by molar-refractivity contribution is 6.05. The smallest absolute Gasteiger partial charge is 0.293 e. The highest BCUT2D eigenvalue weighted by Gasteiger charge is 2.24. The molecule has 0 saturated carbocycles. The number of hydrogen-bond donors (Lipinski definition) is 1. The Morgan fingerprint density at radius 3 is 2.64 bits per heavy atom. The minimum absolute atomic E-state index is 0.0561. The third kappa shape index (κ3) is 4.03. The van der Waals surface area contributed by atoms with Crippen molar-refractivity contribution in [3.05, 3.63) is 81.9 Å². The van der Waals surface area contributed by atoms with Crippen molar-refractivity contribution in [2.75, 3.05) is 23.3 Å². The number of anilines is 2. The summed E-state index contributed by atoms with van der Waals surface area (Å²) in [7, 11) is 0. The van der Waals surface area contributed by atoms with Crippen LogP contribution in [0.25, 0.3) is 22.6 Å². The Kier molecular flexibility index (Phi) is 5.26. The topological polar surface area (TPSA) is 102 Å². The van der Waals surface area contributed by atoms with Crippen LogP contribution in [0.3, 0.4) is 0 Å². The summed E-state index contributed by atoms with van der Waals surface area (Å²) in [6, 6.07) is 17.6. The van der Waals surface area contributed by atoms with E-state index in [1.807, 2.05) is 36.1 Å². The SMILES string of the molecule is Cc1ccccc1-c1nc2cc(NC(=O)c3ccc(N4CCCC4)c([N+](=O)[O-])c3)ccc2o1. The monoisotopic (exact) mass is 442 g/mol. The van der Waals surface area contributed by atoms with Gasteiger partial charge in [0.2, 0.25) is 5.89 Å². The van der Waals surface area contributed by atoms with E-state index in [1.165, 1.54) is 6.07 Å². The first-order chi connectivity index (χ1) is 16.0. The summed E-state index contributed by atoms with van der Waals surface area (Å²) in [5, 5.41) is 14.4. The summed E-state index contributed by atoms with van der Waals surface area (Å²) in [5.41, 5.74) is 4.44. The van der Waals surface area contributed by atoms with Crippen LogP contribution in [0.2, 0.25) is 0 Å². The van der Waals surface area contributed by atoms with E-state index < -0.39 is 10.8 Å². The van der Waals surface area contributed by atoms with Crippen LogP contribution < -0.4 is 10.2 Å². The third-order valence-electron chi connectivity index (χ3n) is 5.90. The number of hydrogen-bond acceptors (Lipinski definition) is 6. The number of nitro benzene ring substituents is 1.